The van der Waals surface area contributed by atoms with E-state index in [-0.39, 0.29) is 6.04 Å². The van der Waals surface area contributed by atoms with E-state index < -0.39 is 0 Å². The predicted octanol–water partition coefficient (Wildman–Crippen LogP) is 4.10. The van der Waals surface area contributed by atoms with E-state index in [9.17, 15) is 0 Å². The first-order valence-corrected chi connectivity index (χ1v) is 10.0. The zero-order valence-corrected chi connectivity index (χ0v) is 17.8. The number of aromatic nitrogens is 3. The molecule has 27 heavy (non-hydrogen) atoms. The van der Waals surface area contributed by atoms with Crippen LogP contribution < -0.4 is 10.6 Å². The number of nitrogens with one attached hydrogen (secondary N) is 2. The largest absolute Gasteiger partial charge is 0.355 e. The zero-order valence-electron chi connectivity index (χ0n) is 16.3. The van der Waals surface area contributed by atoms with E-state index in [2.05, 4.69) is 58.1 Å². The van der Waals surface area contributed by atoms with Gasteiger partial charge in [0.2, 0.25) is 0 Å². The molecule has 0 saturated heterocycles. The van der Waals surface area contributed by atoms with Crippen molar-refractivity contribution < 1.29 is 0 Å². The van der Waals surface area contributed by atoms with Crippen LogP contribution in [-0.4, -0.2) is 33.8 Å². The van der Waals surface area contributed by atoms with Crippen LogP contribution >= 0.6 is 23.2 Å². The van der Waals surface area contributed by atoms with Crippen LogP contribution in [0.2, 0.25) is 10.0 Å². The number of guanidine groups is 1. The fourth-order valence-corrected chi connectivity index (χ4v) is 2.84. The fraction of sp³-hybridized carbons (Fsp3) is 0.526. The molecule has 0 spiro atoms. The van der Waals surface area contributed by atoms with Crippen LogP contribution in [0.3, 0.4) is 0 Å². The molecule has 1 aromatic heterocycles. The van der Waals surface area contributed by atoms with Crippen LogP contribution in [-0.2, 0) is 13.0 Å². The summed E-state index contributed by atoms with van der Waals surface area (Å²) in [5, 5.41) is 16.0. The summed E-state index contributed by atoms with van der Waals surface area (Å²) in [6.07, 6.45) is 2.62. The molecule has 0 amide bonds. The second-order valence-electron chi connectivity index (χ2n) is 6.84. The number of hydrogen-bond acceptors (Lipinski definition) is 3. The normalized spacial score (nSPS) is 13.1. The first-order valence-electron chi connectivity index (χ1n) is 9.27. The van der Waals surface area contributed by atoms with Gasteiger partial charge in [-0.1, -0.05) is 50.0 Å². The quantitative estimate of drug-likeness (QED) is 0.507. The highest BCUT2D eigenvalue weighted by Gasteiger charge is 2.10. The molecule has 0 aliphatic rings. The summed E-state index contributed by atoms with van der Waals surface area (Å²) in [5.41, 5.74) is 1.05. The van der Waals surface area contributed by atoms with Gasteiger partial charge in [-0.25, -0.2) is 0 Å². The molecule has 0 aliphatic heterocycles. The predicted molar refractivity (Wildman–Crippen MR) is 113 cm³/mol. The standard InChI is InChI=1S/C19H28Cl2N6/c1-5-18-26-24-12-27(18)9-8-22-19(23-11-13(2)3)25-14(4)15-6-7-16(20)17(21)10-15/h6-7,10,12-14H,5,8-9,11H2,1-4H3,(H2,22,23,25). The Kier molecular flexibility index (Phi) is 8.38. The molecule has 2 aromatic rings. The molecular formula is C19H28Cl2N6. The number of rotatable bonds is 8. The minimum absolute atomic E-state index is 0.0410. The number of aryl methyl sites for hydroxylation is 1. The van der Waals surface area contributed by atoms with E-state index in [1.54, 1.807) is 6.33 Å². The Balaban J connectivity index is 2.00. The van der Waals surface area contributed by atoms with Crippen molar-refractivity contribution in [2.24, 2.45) is 10.9 Å². The minimum Gasteiger partial charge on any atom is -0.355 e. The summed E-state index contributed by atoms with van der Waals surface area (Å²) in [6.45, 7) is 10.7. The zero-order chi connectivity index (χ0) is 19.8. The Labute approximate surface area is 171 Å². The van der Waals surface area contributed by atoms with Gasteiger partial charge in [0.05, 0.1) is 16.1 Å². The molecule has 1 heterocycles. The van der Waals surface area contributed by atoms with Crippen molar-refractivity contribution in [3.05, 3.63) is 46.0 Å². The molecule has 2 rings (SSSR count). The first kappa shape index (κ1) is 21.5. The van der Waals surface area contributed by atoms with Gasteiger partial charge >= 0.3 is 0 Å². The van der Waals surface area contributed by atoms with Crippen molar-refractivity contribution in [3.63, 3.8) is 0 Å². The average Bonchev–Trinajstić information content (AvgIpc) is 3.09. The Bertz CT molecular complexity index is 756. The Morgan fingerprint density at radius 1 is 1.22 bits per heavy atom. The first-order chi connectivity index (χ1) is 12.9. The molecule has 0 fully saturated rings. The second kappa shape index (κ2) is 10.5. The summed E-state index contributed by atoms with van der Waals surface area (Å²) < 4.78 is 2.05. The summed E-state index contributed by atoms with van der Waals surface area (Å²) >= 11 is 12.2. The smallest absolute Gasteiger partial charge is 0.191 e. The van der Waals surface area contributed by atoms with Crippen LogP contribution in [0.5, 0.6) is 0 Å². The molecule has 0 saturated carbocycles. The SMILES string of the molecule is CCc1nncn1CCNC(=NCC(C)C)NC(C)c1ccc(Cl)c(Cl)c1. The molecular weight excluding hydrogens is 383 g/mol. The van der Waals surface area contributed by atoms with Gasteiger partial charge in [-0.2, -0.15) is 0 Å². The van der Waals surface area contributed by atoms with E-state index in [1.807, 2.05) is 18.2 Å². The minimum atomic E-state index is 0.0410. The molecule has 148 valence electrons. The summed E-state index contributed by atoms with van der Waals surface area (Å²) in [4.78, 5) is 4.68. The van der Waals surface area contributed by atoms with Crippen molar-refractivity contribution in [1.82, 2.24) is 25.4 Å². The third kappa shape index (κ3) is 6.70. The highest BCUT2D eigenvalue weighted by Crippen LogP contribution is 2.25. The van der Waals surface area contributed by atoms with Gasteiger partial charge in [0.15, 0.2) is 5.96 Å². The van der Waals surface area contributed by atoms with Crippen molar-refractivity contribution in [2.45, 2.75) is 46.7 Å². The molecule has 1 unspecified atom stereocenters. The number of nitrogens with zero attached hydrogens (tertiary/aromatic N) is 4. The van der Waals surface area contributed by atoms with Crippen molar-refractivity contribution >= 4 is 29.2 Å². The van der Waals surface area contributed by atoms with Gasteiger partial charge in [0.25, 0.3) is 0 Å². The van der Waals surface area contributed by atoms with E-state index >= 15 is 0 Å². The van der Waals surface area contributed by atoms with Gasteiger partial charge in [-0.3, -0.25) is 4.99 Å². The lowest BCUT2D eigenvalue weighted by Crippen LogP contribution is -2.40. The lowest BCUT2D eigenvalue weighted by atomic mass is 10.1. The number of halogens is 2. The molecule has 1 atom stereocenters. The monoisotopic (exact) mass is 410 g/mol. The van der Waals surface area contributed by atoms with E-state index in [0.29, 0.717) is 16.0 Å². The Hall–Kier alpha value is -1.79. The molecule has 1 aromatic carbocycles. The Morgan fingerprint density at radius 2 is 2.00 bits per heavy atom. The van der Waals surface area contributed by atoms with Crippen LogP contribution in [0, 0.1) is 5.92 Å². The summed E-state index contributed by atoms with van der Waals surface area (Å²) in [7, 11) is 0. The van der Waals surface area contributed by atoms with Crippen molar-refractivity contribution in [2.75, 3.05) is 13.1 Å². The van der Waals surface area contributed by atoms with Gasteiger partial charge < -0.3 is 15.2 Å². The highest BCUT2D eigenvalue weighted by atomic mass is 35.5. The highest BCUT2D eigenvalue weighted by molar-refractivity contribution is 6.42. The van der Waals surface area contributed by atoms with Crippen molar-refractivity contribution in [3.8, 4) is 0 Å². The number of hydrogen-bond donors (Lipinski definition) is 2. The van der Waals surface area contributed by atoms with Crippen LogP contribution in [0.4, 0.5) is 0 Å². The van der Waals surface area contributed by atoms with E-state index in [1.165, 1.54) is 0 Å². The van der Waals surface area contributed by atoms with Gasteiger partial charge in [0.1, 0.15) is 12.2 Å². The number of aliphatic imine (C=N–C) groups is 1. The summed E-state index contributed by atoms with van der Waals surface area (Å²) in [6, 6.07) is 5.70. The van der Waals surface area contributed by atoms with Crippen LogP contribution in [0.1, 0.15) is 45.1 Å². The molecule has 6 nitrogen and oxygen atoms in total. The van der Waals surface area contributed by atoms with Gasteiger partial charge in [-0.15, -0.1) is 10.2 Å². The maximum atomic E-state index is 6.15. The molecule has 8 heteroatoms. The van der Waals surface area contributed by atoms with E-state index in [4.69, 9.17) is 23.2 Å². The molecule has 2 N–H and O–H groups in total. The van der Waals surface area contributed by atoms with Gasteiger partial charge in [0, 0.05) is 26.1 Å². The van der Waals surface area contributed by atoms with E-state index in [0.717, 1.165) is 43.4 Å². The molecule has 0 bridgehead atoms. The second-order valence-corrected chi connectivity index (χ2v) is 7.66. The Morgan fingerprint density at radius 3 is 2.67 bits per heavy atom. The topological polar surface area (TPSA) is 67.1 Å². The molecule has 0 aliphatic carbocycles. The number of benzene rings is 1. The maximum absolute atomic E-state index is 6.15. The maximum Gasteiger partial charge on any atom is 0.191 e. The van der Waals surface area contributed by atoms with Gasteiger partial charge in [-0.05, 0) is 30.5 Å². The average molecular weight is 411 g/mol. The van der Waals surface area contributed by atoms with Crippen LogP contribution in [0.15, 0.2) is 29.5 Å². The van der Waals surface area contributed by atoms with Crippen LogP contribution in [0.25, 0.3) is 0 Å². The summed E-state index contributed by atoms with van der Waals surface area (Å²) in [5.74, 6) is 2.23. The fourth-order valence-electron chi connectivity index (χ4n) is 2.53. The third-order valence-electron chi connectivity index (χ3n) is 4.07. The third-order valence-corrected chi connectivity index (χ3v) is 4.81. The lowest BCUT2D eigenvalue weighted by Gasteiger charge is -2.20. The lowest BCUT2D eigenvalue weighted by molar-refractivity contribution is 0.609. The van der Waals surface area contributed by atoms with Crippen molar-refractivity contribution in [1.29, 1.82) is 0 Å². The molecule has 0 radical (unpaired) electrons.